The monoisotopic (exact) mass is 943 g/mol. The zero-order chi connectivity index (χ0) is 49.3. The van der Waals surface area contributed by atoms with Crippen LogP contribution in [0.4, 0.5) is 0 Å². The Hall–Kier alpha value is -3.93. The quantitative estimate of drug-likeness (QED) is 0.0199. The summed E-state index contributed by atoms with van der Waals surface area (Å²) in [6.07, 6.45) is 74.9. The van der Waals surface area contributed by atoms with E-state index in [1.54, 1.807) is 0 Å². The molecule has 0 aliphatic carbocycles. The van der Waals surface area contributed by atoms with Gasteiger partial charge in [-0.05, 0) is 96.3 Å². The second kappa shape index (κ2) is 55.7. The Kier molecular flexibility index (Phi) is 52.4. The number of unbranched alkanes of at least 4 members (excludes halogenated alkanes) is 24. The number of hydrogen-bond acceptors (Lipinski definition) is 6. The van der Waals surface area contributed by atoms with Crippen molar-refractivity contribution in [3.05, 3.63) is 109 Å². The number of allylic oxidation sites excluding steroid dienone is 18. The summed E-state index contributed by atoms with van der Waals surface area (Å²) in [5.74, 6) is -0.945. The SMILES string of the molecule is CC/C=C\C/C=C\C/C=C\CCCCCCCCC(=O)OC(COC(=O)CCCCCCC\C=C/C=C\C=C/C=C\C=C/CCC)COC(=O)CCCCCCC/C=C\CCCCCCCCC. The van der Waals surface area contributed by atoms with Crippen LogP contribution < -0.4 is 0 Å². The largest absolute Gasteiger partial charge is 0.462 e. The van der Waals surface area contributed by atoms with E-state index in [4.69, 9.17) is 14.2 Å². The van der Waals surface area contributed by atoms with Crippen LogP contribution in [-0.4, -0.2) is 37.2 Å². The number of carbonyl (C=O) groups is 3. The molecule has 0 heterocycles. The Morgan fingerprint density at radius 1 is 0.324 bits per heavy atom. The van der Waals surface area contributed by atoms with Crippen LogP contribution in [0.2, 0.25) is 0 Å². The summed E-state index contributed by atoms with van der Waals surface area (Å²) in [6, 6.07) is 0. The maximum atomic E-state index is 12.8. The first-order chi connectivity index (χ1) is 33.5. The van der Waals surface area contributed by atoms with Crippen LogP contribution in [0.5, 0.6) is 0 Å². The average Bonchev–Trinajstić information content (AvgIpc) is 3.34. The van der Waals surface area contributed by atoms with Crippen molar-refractivity contribution >= 4 is 17.9 Å². The minimum absolute atomic E-state index is 0.0978. The van der Waals surface area contributed by atoms with Gasteiger partial charge in [-0.15, -0.1) is 0 Å². The molecule has 0 aliphatic rings. The minimum atomic E-state index is -0.802. The third-order valence-corrected chi connectivity index (χ3v) is 11.6. The molecule has 0 bridgehead atoms. The molecule has 0 aromatic carbocycles. The molecule has 0 rings (SSSR count). The van der Waals surface area contributed by atoms with Crippen molar-refractivity contribution in [1.29, 1.82) is 0 Å². The first-order valence-electron chi connectivity index (χ1n) is 28.0. The molecule has 6 nitrogen and oxygen atoms in total. The highest BCUT2D eigenvalue weighted by molar-refractivity contribution is 5.71. The van der Waals surface area contributed by atoms with Gasteiger partial charge in [0, 0.05) is 19.3 Å². The molecule has 0 N–H and O–H groups in total. The number of rotatable bonds is 49. The van der Waals surface area contributed by atoms with Gasteiger partial charge < -0.3 is 14.2 Å². The summed E-state index contributed by atoms with van der Waals surface area (Å²) in [4.78, 5) is 38.1. The Morgan fingerprint density at radius 2 is 0.662 bits per heavy atom. The van der Waals surface area contributed by atoms with Gasteiger partial charge in [0.25, 0.3) is 0 Å². The zero-order valence-corrected chi connectivity index (χ0v) is 44.1. The maximum Gasteiger partial charge on any atom is 0.306 e. The molecule has 1 atom stereocenters. The first kappa shape index (κ1) is 64.1. The molecule has 0 spiro atoms. The van der Waals surface area contributed by atoms with Gasteiger partial charge in [0.05, 0.1) is 0 Å². The van der Waals surface area contributed by atoms with E-state index in [9.17, 15) is 14.4 Å². The fourth-order valence-electron chi connectivity index (χ4n) is 7.42. The normalized spacial score (nSPS) is 12.9. The van der Waals surface area contributed by atoms with Gasteiger partial charge in [-0.3, -0.25) is 14.4 Å². The number of carbonyl (C=O) groups excluding carboxylic acids is 3. The molecule has 68 heavy (non-hydrogen) atoms. The van der Waals surface area contributed by atoms with Crippen LogP contribution in [0.3, 0.4) is 0 Å². The van der Waals surface area contributed by atoms with Gasteiger partial charge >= 0.3 is 17.9 Å². The third kappa shape index (κ3) is 53.0. The van der Waals surface area contributed by atoms with Gasteiger partial charge in [-0.2, -0.15) is 0 Å². The molecular weight excluding hydrogens is 841 g/mol. The van der Waals surface area contributed by atoms with Crippen molar-refractivity contribution < 1.29 is 28.6 Å². The Balaban J connectivity index is 4.49. The van der Waals surface area contributed by atoms with Crippen molar-refractivity contribution in [3.8, 4) is 0 Å². The number of esters is 3. The molecule has 0 aromatic heterocycles. The second-order valence-electron chi connectivity index (χ2n) is 18.2. The molecule has 0 radical (unpaired) electrons. The lowest BCUT2D eigenvalue weighted by atomic mass is 10.1. The molecule has 386 valence electrons. The molecule has 0 amide bonds. The Bertz CT molecular complexity index is 1410. The van der Waals surface area contributed by atoms with E-state index in [2.05, 4.69) is 106 Å². The molecular formula is C62H102O6. The maximum absolute atomic E-state index is 12.8. The van der Waals surface area contributed by atoms with E-state index >= 15 is 0 Å². The van der Waals surface area contributed by atoms with E-state index in [1.807, 2.05) is 24.3 Å². The van der Waals surface area contributed by atoms with Crippen LogP contribution in [0.25, 0.3) is 0 Å². The summed E-state index contributed by atoms with van der Waals surface area (Å²) in [5, 5.41) is 0. The lowest BCUT2D eigenvalue weighted by Gasteiger charge is -2.18. The fraction of sp³-hybridized carbons (Fsp3) is 0.661. The molecule has 0 saturated heterocycles. The van der Waals surface area contributed by atoms with Gasteiger partial charge in [-0.1, -0.05) is 239 Å². The minimum Gasteiger partial charge on any atom is -0.462 e. The van der Waals surface area contributed by atoms with Crippen LogP contribution >= 0.6 is 0 Å². The highest BCUT2D eigenvalue weighted by Gasteiger charge is 2.19. The molecule has 1 unspecified atom stereocenters. The Labute approximate surface area is 419 Å². The molecule has 0 saturated carbocycles. The van der Waals surface area contributed by atoms with Crippen molar-refractivity contribution in [3.63, 3.8) is 0 Å². The highest BCUT2D eigenvalue weighted by Crippen LogP contribution is 2.14. The van der Waals surface area contributed by atoms with Crippen LogP contribution in [-0.2, 0) is 28.6 Å². The molecule has 0 aliphatic heterocycles. The van der Waals surface area contributed by atoms with Gasteiger partial charge in [0.2, 0.25) is 0 Å². The van der Waals surface area contributed by atoms with E-state index in [0.29, 0.717) is 19.3 Å². The summed E-state index contributed by atoms with van der Waals surface area (Å²) in [7, 11) is 0. The smallest absolute Gasteiger partial charge is 0.306 e. The highest BCUT2D eigenvalue weighted by atomic mass is 16.6. The fourth-order valence-corrected chi connectivity index (χ4v) is 7.42. The van der Waals surface area contributed by atoms with Crippen molar-refractivity contribution in [2.45, 2.75) is 252 Å². The molecule has 0 fully saturated rings. The van der Waals surface area contributed by atoms with Crippen molar-refractivity contribution in [2.75, 3.05) is 13.2 Å². The number of hydrogen-bond donors (Lipinski definition) is 0. The lowest BCUT2D eigenvalue weighted by Crippen LogP contribution is -2.30. The standard InChI is InChI=1S/C62H102O6/c1-4-7-10-13-16-19-22-25-28-31-32-35-37-40-43-46-49-52-55-61(64)67-58-59(68-62(65)56-53-50-47-44-41-38-34-30-27-24-21-18-15-12-9-6-3)57-66-60(63)54-51-48-45-42-39-36-33-29-26-23-20-17-14-11-8-5-2/h9-10,12-13,16,18-19,21-22,25,27-33,35,59H,4-8,11,14-15,17,20,23-24,26,34,36-58H2,1-3H3/b12-9-,13-10-,19-16-,21-18-,25-22-,30-27-,31-28-,33-29-,35-32-. The predicted molar refractivity (Wildman–Crippen MR) is 293 cm³/mol. The topological polar surface area (TPSA) is 78.9 Å². The van der Waals surface area contributed by atoms with Crippen LogP contribution in [0.1, 0.15) is 245 Å². The third-order valence-electron chi connectivity index (χ3n) is 11.6. The van der Waals surface area contributed by atoms with Crippen LogP contribution in [0, 0.1) is 0 Å². The van der Waals surface area contributed by atoms with E-state index in [-0.39, 0.29) is 31.1 Å². The molecule has 0 aromatic rings. The molecule has 6 heteroatoms. The van der Waals surface area contributed by atoms with Gasteiger partial charge in [0.15, 0.2) is 6.10 Å². The van der Waals surface area contributed by atoms with Crippen molar-refractivity contribution in [1.82, 2.24) is 0 Å². The van der Waals surface area contributed by atoms with E-state index in [0.717, 1.165) is 122 Å². The summed E-state index contributed by atoms with van der Waals surface area (Å²) >= 11 is 0. The summed E-state index contributed by atoms with van der Waals surface area (Å²) in [6.45, 7) is 6.40. The van der Waals surface area contributed by atoms with Crippen LogP contribution in [0.15, 0.2) is 109 Å². The second-order valence-corrected chi connectivity index (χ2v) is 18.2. The lowest BCUT2D eigenvalue weighted by molar-refractivity contribution is -0.167. The first-order valence-corrected chi connectivity index (χ1v) is 28.0. The Morgan fingerprint density at radius 3 is 1.10 bits per heavy atom. The van der Waals surface area contributed by atoms with Gasteiger partial charge in [0.1, 0.15) is 13.2 Å². The van der Waals surface area contributed by atoms with Crippen molar-refractivity contribution in [2.24, 2.45) is 0 Å². The van der Waals surface area contributed by atoms with E-state index < -0.39 is 6.10 Å². The summed E-state index contributed by atoms with van der Waals surface area (Å²) < 4.78 is 16.8. The number of ether oxygens (including phenoxy) is 3. The van der Waals surface area contributed by atoms with E-state index in [1.165, 1.54) is 83.5 Å². The zero-order valence-electron chi connectivity index (χ0n) is 44.1. The summed E-state index contributed by atoms with van der Waals surface area (Å²) in [5.41, 5.74) is 0. The predicted octanol–water partition coefficient (Wildman–Crippen LogP) is 18.7. The van der Waals surface area contributed by atoms with Gasteiger partial charge in [-0.25, -0.2) is 0 Å². The average molecular weight is 943 g/mol.